The topological polar surface area (TPSA) is 60.6 Å². The Kier molecular flexibility index (Phi) is 4.94. The highest BCUT2D eigenvalue weighted by molar-refractivity contribution is 5.08. The summed E-state index contributed by atoms with van der Waals surface area (Å²) in [7, 11) is 0. The molecule has 2 aromatic heterocycles. The number of rotatable bonds is 7. The van der Waals surface area contributed by atoms with Crippen molar-refractivity contribution < 1.29 is 13.2 Å². The molecule has 0 aliphatic rings. The predicted molar refractivity (Wildman–Crippen MR) is 69.2 cm³/mol. The van der Waals surface area contributed by atoms with Gasteiger partial charge in [-0.1, -0.05) is 12.1 Å². The van der Waals surface area contributed by atoms with E-state index < -0.39 is 11.7 Å². The zero-order chi connectivity index (χ0) is 15.3. The van der Waals surface area contributed by atoms with Gasteiger partial charge in [0.1, 0.15) is 0 Å². The van der Waals surface area contributed by atoms with Crippen LogP contribution in [0.25, 0.3) is 0 Å². The second kappa shape index (κ2) is 6.70. The fourth-order valence-electron chi connectivity index (χ4n) is 1.76. The summed E-state index contributed by atoms with van der Waals surface area (Å²) in [6.07, 6.45) is 0.261. The monoisotopic (exact) mass is 302 g/mol. The van der Waals surface area contributed by atoms with Crippen molar-refractivity contribution in [2.45, 2.75) is 39.2 Å². The summed E-state index contributed by atoms with van der Waals surface area (Å²) in [5, 5.41) is 14.8. The summed E-state index contributed by atoms with van der Waals surface area (Å²) < 4.78 is 40.1. The minimum atomic E-state index is -4.36. The van der Waals surface area contributed by atoms with Gasteiger partial charge in [-0.15, -0.1) is 5.10 Å². The maximum atomic E-state index is 12.4. The van der Waals surface area contributed by atoms with Gasteiger partial charge in [0.05, 0.1) is 30.5 Å². The SMILES string of the molecule is CCCNCc1cn(CCn2cc(C(F)(F)F)cn2)nn1. The molecule has 2 aromatic rings. The molecule has 0 bridgehead atoms. The molecule has 2 rings (SSSR count). The van der Waals surface area contributed by atoms with Crippen LogP contribution in [0.4, 0.5) is 13.2 Å². The summed E-state index contributed by atoms with van der Waals surface area (Å²) in [4.78, 5) is 0. The lowest BCUT2D eigenvalue weighted by Gasteiger charge is -2.02. The van der Waals surface area contributed by atoms with Crippen LogP contribution in [0.15, 0.2) is 18.6 Å². The van der Waals surface area contributed by atoms with Crippen LogP contribution in [0, 0.1) is 0 Å². The highest BCUT2D eigenvalue weighted by atomic mass is 19.4. The molecule has 0 saturated carbocycles. The van der Waals surface area contributed by atoms with Crippen molar-refractivity contribution in [1.29, 1.82) is 0 Å². The molecule has 0 fully saturated rings. The van der Waals surface area contributed by atoms with E-state index in [4.69, 9.17) is 0 Å². The van der Waals surface area contributed by atoms with Gasteiger partial charge in [-0.3, -0.25) is 9.36 Å². The van der Waals surface area contributed by atoms with Crippen LogP contribution in [-0.2, 0) is 25.8 Å². The van der Waals surface area contributed by atoms with Crippen molar-refractivity contribution in [3.05, 3.63) is 29.8 Å². The molecule has 0 atom stereocenters. The second-order valence-corrected chi connectivity index (χ2v) is 4.64. The van der Waals surface area contributed by atoms with Crippen molar-refractivity contribution in [2.24, 2.45) is 0 Å². The standard InChI is InChI=1S/C12H17F3N6/c1-2-3-16-7-11-9-21(19-18-11)5-4-20-8-10(6-17-20)12(13,14)15/h6,8-9,16H,2-5,7H2,1H3. The average molecular weight is 302 g/mol. The van der Waals surface area contributed by atoms with Crippen LogP contribution in [0.3, 0.4) is 0 Å². The molecule has 0 amide bonds. The first-order chi connectivity index (χ1) is 9.99. The molecule has 0 unspecified atom stereocenters. The van der Waals surface area contributed by atoms with Gasteiger partial charge < -0.3 is 5.32 Å². The van der Waals surface area contributed by atoms with Gasteiger partial charge in [-0.25, -0.2) is 0 Å². The van der Waals surface area contributed by atoms with E-state index in [1.807, 2.05) is 0 Å². The minimum absolute atomic E-state index is 0.307. The molecule has 2 heterocycles. The highest BCUT2D eigenvalue weighted by Gasteiger charge is 2.32. The highest BCUT2D eigenvalue weighted by Crippen LogP contribution is 2.28. The maximum Gasteiger partial charge on any atom is 0.419 e. The largest absolute Gasteiger partial charge is 0.419 e. The molecular weight excluding hydrogens is 285 g/mol. The zero-order valence-electron chi connectivity index (χ0n) is 11.6. The molecule has 0 aliphatic carbocycles. The van der Waals surface area contributed by atoms with Gasteiger partial charge in [0.15, 0.2) is 0 Å². The van der Waals surface area contributed by atoms with Crippen LogP contribution >= 0.6 is 0 Å². The summed E-state index contributed by atoms with van der Waals surface area (Å²) >= 11 is 0. The van der Waals surface area contributed by atoms with E-state index in [9.17, 15) is 13.2 Å². The van der Waals surface area contributed by atoms with Crippen LogP contribution in [-0.4, -0.2) is 31.3 Å². The van der Waals surface area contributed by atoms with E-state index in [2.05, 4.69) is 27.7 Å². The smallest absolute Gasteiger partial charge is 0.311 e. The van der Waals surface area contributed by atoms with Crippen molar-refractivity contribution in [1.82, 2.24) is 30.1 Å². The van der Waals surface area contributed by atoms with E-state index in [0.717, 1.165) is 31.1 Å². The molecule has 0 saturated heterocycles. The van der Waals surface area contributed by atoms with E-state index >= 15 is 0 Å². The normalized spacial score (nSPS) is 12.0. The Morgan fingerprint density at radius 2 is 1.95 bits per heavy atom. The number of hydrogen-bond acceptors (Lipinski definition) is 4. The van der Waals surface area contributed by atoms with Crippen molar-refractivity contribution in [3.8, 4) is 0 Å². The molecule has 1 N–H and O–H groups in total. The Bertz CT molecular complexity index is 559. The number of hydrogen-bond donors (Lipinski definition) is 1. The molecule has 0 aliphatic heterocycles. The van der Waals surface area contributed by atoms with Crippen molar-refractivity contribution >= 4 is 0 Å². The first kappa shape index (κ1) is 15.5. The van der Waals surface area contributed by atoms with Crippen LogP contribution < -0.4 is 5.32 Å². The van der Waals surface area contributed by atoms with E-state index in [1.54, 1.807) is 10.9 Å². The maximum absolute atomic E-state index is 12.4. The van der Waals surface area contributed by atoms with Gasteiger partial charge >= 0.3 is 6.18 Å². The third-order valence-electron chi connectivity index (χ3n) is 2.84. The van der Waals surface area contributed by atoms with Gasteiger partial charge in [0, 0.05) is 18.9 Å². The average Bonchev–Trinajstić information content (AvgIpc) is 3.05. The molecule has 9 heteroatoms. The van der Waals surface area contributed by atoms with E-state index in [1.165, 1.54) is 4.68 Å². The Hall–Kier alpha value is -1.90. The number of nitrogens with one attached hydrogen (secondary N) is 1. The lowest BCUT2D eigenvalue weighted by Crippen LogP contribution is -2.14. The van der Waals surface area contributed by atoms with Gasteiger partial charge in [-0.2, -0.15) is 18.3 Å². The molecule has 0 radical (unpaired) electrons. The van der Waals surface area contributed by atoms with Gasteiger partial charge in [0.2, 0.25) is 0 Å². The summed E-state index contributed by atoms with van der Waals surface area (Å²) in [5.41, 5.74) is 0.0606. The number of alkyl halides is 3. The fourth-order valence-corrected chi connectivity index (χ4v) is 1.76. The van der Waals surface area contributed by atoms with Gasteiger partial charge in [-0.05, 0) is 13.0 Å². The van der Waals surface area contributed by atoms with E-state index in [0.29, 0.717) is 19.6 Å². The van der Waals surface area contributed by atoms with Crippen LogP contribution in [0.1, 0.15) is 24.6 Å². The lowest BCUT2D eigenvalue weighted by atomic mass is 10.4. The Balaban J connectivity index is 1.84. The minimum Gasteiger partial charge on any atom is -0.311 e. The Morgan fingerprint density at radius 1 is 1.19 bits per heavy atom. The molecule has 116 valence electrons. The fraction of sp³-hybridized carbons (Fsp3) is 0.583. The van der Waals surface area contributed by atoms with E-state index in [-0.39, 0.29) is 0 Å². The van der Waals surface area contributed by atoms with Crippen LogP contribution in [0.5, 0.6) is 0 Å². The number of nitrogens with zero attached hydrogens (tertiary/aromatic N) is 5. The first-order valence-electron chi connectivity index (χ1n) is 6.68. The first-order valence-corrected chi connectivity index (χ1v) is 6.68. The molecule has 6 nitrogen and oxygen atoms in total. The Labute approximate surface area is 119 Å². The van der Waals surface area contributed by atoms with Crippen molar-refractivity contribution in [2.75, 3.05) is 6.54 Å². The third kappa shape index (κ3) is 4.55. The quantitative estimate of drug-likeness (QED) is 0.791. The third-order valence-corrected chi connectivity index (χ3v) is 2.84. The number of aromatic nitrogens is 5. The van der Waals surface area contributed by atoms with Crippen molar-refractivity contribution in [3.63, 3.8) is 0 Å². The summed E-state index contributed by atoms with van der Waals surface area (Å²) in [6.45, 7) is 4.33. The number of aryl methyl sites for hydroxylation is 2. The summed E-state index contributed by atoms with van der Waals surface area (Å²) in [5.74, 6) is 0. The molecular formula is C12H17F3N6. The molecule has 0 spiro atoms. The van der Waals surface area contributed by atoms with Gasteiger partial charge in [0.25, 0.3) is 0 Å². The molecule has 0 aromatic carbocycles. The number of halogens is 3. The molecule has 21 heavy (non-hydrogen) atoms. The van der Waals surface area contributed by atoms with Crippen LogP contribution in [0.2, 0.25) is 0 Å². The zero-order valence-corrected chi connectivity index (χ0v) is 11.6. The predicted octanol–water partition coefficient (Wildman–Crippen LogP) is 1.69. The second-order valence-electron chi connectivity index (χ2n) is 4.64. The summed E-state index contributed by atoms with van der Waals surface area (Å²) in [6, 6.07) is 0. The Morgan fingerprint density at radius 3 is 2.62 bits per heavy atom. The lowest BCUT2D eigenvalue weighted by molar-refractivity contribution is -0.137.